The van der Waals surface area contributed by atoms with Crippen LogP contribution in [0.2, 0.25) is 5.02 Å². The highest BCUT2D eigenvalue weighted by Gasteiger charge is 2.40. The number of aliphatic imine (C=N–C) groups is 1. The number of carbonyl (C=O) groups is 2. The third kappa shape index (κ3) is 5.31. The number of halogens is 1. The number of imide groups is 1. The van der Waals surface area contributed by atoms with Crippen molar-refractivity contribution in [2.45, 2.75) is 25.5 Å². The molecule has 1 unspecified atom stereocenters. The van der Waals surface area contributed by atoms with E-state index in [0.717, 1.165) is 5.69 Å². The van der Waals surface area contributed by atoms with Crippen molar-refractivity contribution in [2.24, 2.45) is 4.99 Å². The molecule has 2 aromatic rings. The number of hydrogen-bond acceptors (Lipinski definition) is 5. The maximum atomic E-state index is 12.9. The van der Waals surface area contributed by atoms with E-state index in [9.17, 15) is 9.59 Å². The fourth-order valence-electron chi connectivity index (χ4n) is 2.87. The predicted molar refractivity (Wildman–Crippen MR) is 119 cm³/mol. The maximum absolute atomic E-state index is 12.9. The van der Waals surface area contributed by atoms with Crippen LogP contribution in [0.15, 0.2) is 53.5 Å². The van der Waals surface area contributed by atoms with E-state index in [2.05, 4.69) is 10.3 Å². The Labute approximate surface area is 179 Å². The summed E-state index contributed by atoms with van der Waals surface area (Å²) in [6, 6.07) is 14.2. The highest BCUT2D eigenvalue weighted by Crippen LogP contribution is 2.31. The first kappa shape index (κ1) is 21.2. The molecule has 0 bridgehead atoms. The van der Waals surface area contributed by atoms with Crippen molar-refractivity contribution in [3.8, 4) is 5.75 Å². The Morgan fingerprint density at radius 1 is 1.17 bits per heavy atom. The number of benzene rings is 2. The van der Waals surface area contributed by atoms with E-state index in [1.165, 1.54) is 16.7 Å². The number of anilines is 2. The minimum absolute atomic E-state index is 0.127. The summed E-state index contributed by atoms with van der Waals surface area (Å²) in [7, 11) is 0. The van der Waals surface area contributed by atoms with E-state index < -0.39 is 5.25 Å². The number of hydrogen-bond donors (Lipinski definition) is 1. The van der Waals surface area contributed by atoms with Crippen molar-refractivity contribution >= 4 is 51.7 Å². The molecule has 2 aromatic carbocycles. The van der Waals surface area contributed by atoms with Gasteiger partial charge >= 0.3 is 0 Å². The highest BCUT2D eigenvalue weighted by atomic mass is 35.5. The molecule has 3 rings (SSSR count). The Bertz CT molecular complexity index is 900. The molecule has 6 nitrogen and oxygen atoms in total. The topological polar surface area (TPSA) is 71.0 Å². The number of thioether (sulfide) groups is 1. The second-order valence-electron chi connectivity index (χ2n) is 6.22. The van der Waals surface area contributed by atoms with Gasteiger partial charge < -0.3 is 10.1 Å². The van der Waals surface area contributed by atoms with Crippen molar-refractivity contribution in [3.63, 3.8) is 0 Å². The van der Waals surface area contributed by atoms with Gasteiger partial charge in [0.2, 0.25) is 11.8 Å². The molecule has 1 fully saturated rings. The molecule has 1 N–H and O–H groups in total. The van der Waals surface area contributed by atoms with Crippen molar-refractivity contribution < 1.29 is 14.3 Å². The van der Waals surface area contributed by atoms with Gasteiger partial charge in [0.1, 0.15) is 11.0 Å². The van der Waals surface area contributed by atoms with E-state index in [-0.39, 0.29) is 18.2 Å². The lowest BCUT2D eigenvalue weighted by atomic mass is 10.3. The summed E-state index contributed by atoms with van der Waals surface area (Å²) in [6.45, 7) is 4.93. The standard InChI is InChI=1S/C21H22ClN3O3S/c1-3-23-21(24-15-7-5-14(22)6-8-15)29-18-13-19(26)25(20(18)27)16-9-11-17(12-10-16)28-4-2/h5-12,18H,3-4,13H2,1-2H3,(H,23,24). The van der Waals surface area contributed by atoms with E-state index in [1.54, 1.807) is 36.4 Å². The van der Waals surface area contributed by atoms with Gasteiger partial charge in [0, 0.05) is 23.7 Å². The number of nitrogens with zero attached hydrogens (tertiary/aromatic N) is 2. The Kier molecular flexibility index (Phi) is 7.17. The molecular formula is C21H22ClN3O3S. The van der Waals surface area contributed by atoms with Crippen molar-refractivity contribution in [2.75, 3.05) is 23.4 Å². The van der Waals surface area contributed by atoms with Crippen LogP contribution in [0.5, 0.6) is 5.75 Å². The summed E-state index contributed by atoms with van der Waals surface area (Å²) < 4.78 is 5.42. The molecule has 0 spiro atoms. The largest absolute Gasteiger partial charge is 0.494 e. The number of ether oxygens (including phenoxy) is 1. The average molecular weight is 432 g/mol. The van der Waals surface area contributed by atoms with Crippen LogP contribution >= 0.6 is 23.4 Å². The van der Waals surface area contributed by atoms with Crippen LogP contribution in [0.3, 0.4) is 0 Å². The number of amidine groups is 1. The van der Waals surface area contributed by atoms with Gasteiger partial charge in [-0.1, -0.05) is 23.4 Å². The molecule has 8 heteroatoms. The highest BCUT2D eigenvalue weighted by molar-refractivity contribution is 8.15. The Balaban J connectivity index is 1.71. The lowest BCUT2D eigenvalue weighted by Gasteiger charge is -2.16. The van der Waals surface area contributed by atoms with Gasteiger partial charge in [-0.15, -0.1) is 0 Å². The minimum Gasteiger partial charge on any atom is -0.494 e. The predicted octanol–water partition coefficient (Wildman–Crippen LogP) is 4.59. The van der Waals surface area contributed by atoms with Crippen LogP contribution < -0.4 is 15.0 Å². The zero-order chi connectivity index (χ0) is 20.8. The molecule has 0 aromatic heterocycles. The number of nitrogens with one attached hydrogen (secondary N) is 1. The van der Waals surface area contributed by atoms with Gasteiger partial charge in [-0.25, -0.2) is 4.90 Å². The molecule has 2 amide bonds. The molecule has 1 heterocycles. The van der Waals surface area contributed by atoms with E-state index in [0.29, 0.717) is 34.8 Å². The zero-order valence-electron chi connectivity index (χ0n) is 16.2. The van der Waals surface area contributed by atoms with Gasteiger partial charge in [-0.05, 0) is 62.4 Å². The molecule has 1 atom stereocenters. The van der Waals surface area contributed by atoms with E-state index >= 15 is 0 Å². The molecule has 0 saturated carbocycles. The Morgan fingerprint density at radius 2 is 1.86 bits per heavy atom. The van der Waals surface area contributed by atoms with Crippen LogP contribution in [-0.2, 0) is 9.59 Å². The van der Waals surface area contributed by atoms with Crippen molar-refractivity contribution in [1.82, 2.24) is 0 Å². The average Bonchev–Trinajstić information content (AvgIpc) is 2.98. The Hall–Kier alpha value is -2.51. The summed E-state index contributed by atoms with van der Waals surface area (Å²) in [4.78, 5) is 31.1. The third-order valence-corrected chi connectivity index (χ3v) is 5.52. The number of amides is 2. The summed E-state index contributed by atoms with van der Waals surface area (Å²) in [5.41, 5.74) is 1.36. The number of rotatable bonds is 6. The molecule has 152 valence electrons. The van der Waals surface area contributed by atoms with Crippen LogP contribution in [0, 0.1) is 0 Å². The fourth-order valence-corrected chi connectivity index (χ4v) is 4.07. The van der Waals surface area contributed by atoms with Gasteiger partial charge in [0.15, 0.2) is 5.17 Å². The smallest absolute Gasteiger partial charge is 0.247 e. The summed E-state index contributed by atoms with van der Waals surface area (Å²) in [6.07, 6.45) is 0.127. The number of carbonyl (C=O) groups excluding carboxylic acids is 2. The molecule has 1 aliphatic rings. The van der Waals surface area contributed by atoms with Crippen LogP contribution in [0.25, 0.3) is 0 Å². The first-order valence-corrected chi connectivity index (χ1v) is 10.6. The van der Waals surface area contributed by atoms with Gasteiger partial charge in [0.05, 0.1) is 12.3 Å². The quantitative estimate of drug-likeness (QED) is 0.411. The van der Waals surface area contributed by atoms with E-state index in [1.807, 2.05) is 26.0 Å². The lowest BCUT2D eigenvalue weighted by Crippen LogP contribution is -2.31. The maximum Gasteiger partial charge on any atom is 0.247 e. The third-order valence-electron chi connectivity index (χ3n) is 4.16. The molecule has 1 aliphatic heterocycles. The molecular weight excluding hydrogens is 410 g/mol. The summed E-state index contributed by atoms with van der Waals surface area (Å²) >= 11 is 7.19. The second kappa shape index (κ2) is 9.80. The SMILES string of the molecule is CCN=C(Nc1ccc(Cl)cc1)SC1CC(=O)N(c2ccc(OCC)cc2)C1=O. The molecule has 29 heavy (non-hydrogen) atoms. The Morgan fingerprint density at radius 3 is 2.48 bits per heavy atom. The molecule has 0 radical (unpaired) electrons. The van der Waals surface area contributed by atoms with Crippen LogP contribution in [0.1, 0.15) is 20.3 Å². The van der Waals surface area contributed by atoms with Crippen LogP contribution in [0.4, 0.5) is 11.4 Å². The summed E-state index contributed by atoms with van der Waals surface area (Å²) in [5.74, 6) is 0.232. The van der Waals surface area contributed by atoms with Gasteiger partial charge in [-0.3, -0.25) is 14.6 Å². The van der Waals surface area contributed by atoms with Gasteiger partial charge in [0.25, 0.3) is 0 Å². The minimum atomic E-state index is -0.529. The lowest BCUT2D eigenvalue weighted by molar-refractivity contribution is -0.121. The fraction of sp³-hybridized carbons (Fsp3) is 0.286. The normalized spacial score (nSPS) is 17.0. The second-order valence-corrected chi connectivity index (χ2v) is 7.84. The zero-order valence-corrected chi connectivity index (χ0v) is 17.8. The van der Waals surface area contributed by atoms with Crippen molar-refractivity contribution in [3.05, 3.63) is 53.6 Å². The summed E-state index contributed by atoms with van der Waals surface area (Å²) in [5, 5.41) is 3.90. The van der Waals surface area contributed by atoms with Crippen LogP contribution in [-0.4, -0.2) is 35.4 Å². The first-order chi connectivity index (χ1) is 14.0. The monoisotopic (exact) mass is 431 g/mol. The molecule has 0 aliphatic carbocycles. The van der Waals surface area contributed by atoms with Gasteiger partial charge in [-0.2, -0.15) is 0 Å². The first-order valence-electron chi connectivity index (χ1n) is 9.35. The molecule has 1 saturated heterocycles. The van der Waals surface area contributed by atoms with E-state index in [4.69, 9.17) is 16.3 Å². The van der Waals surface area contributed by atoms with Crippen molar-refractivity contribution in [1.29, 1.82) is 0 Å².